The summed E-state index contributed by atoms with van der Waals surface area (Å²) >= 11 is 0. The van der Waals surface area contributed by atoms with E-state index in [1.54, 1.807) is 11.9 Å². The fraction of sp³-hybridized carbons (Fsp3) is 0.409. The smallest absolute Gasteiger partial charge is 0.323 e. The Hall–Kier alpha value is -2.89. The molecule has 3 rings (SSSR count). The molecule has 1 aromatic carbocycles. The lowest BCUT2D eigenvalue weighted by atomic mass is 9.79. The van der Waals surface area contributed by atoms with E-state index in [2.05, 4.69) is 6.58 Å². The number of likely N-dealkylation sites (N-methyl/N-ethyl adjacent to an activating group) is 1. The summed E-state index contributed by atoms with van der Waals surface area (Å²) in [4.78, 5) is 39.3. The van der Waals surface area contributed by atoms with Gasteiger partial charge >= 0.3 is 11.9 Å². The number of carbonyl (C=O) groups excluding carboxylic acids is 3. The first kappa shape index (κ1) is 19.9. The van der Waals surface area contributed by atoms with Crippen molar-refractivity contribution in [3.63, 3.8) is 0 Å². The molecule has 6 heteroatoms. The van der Waals surface area contributed by atoms with E-state index in [1.807, 2.05) is 37.3 Å². The van der Waals surface area contributed by atoms with Gasteiger partial charge in [-0.15, -0.1) is 0 Å². The Kier molecular flexibility index (Phi) is 4.91. The molecule has 1 amide bonds. The maximum absolute atomic E-state index is 12.9. The number of nitrogens with zero attached hydrogens (tertiary/aromatic N) is 1. The molecule has 28 heavy (non-hydrogen) atoms. The molecule has 0 saturated heterocycles. The van der Waals surface area contributed by atoms with Crippen molar-refractivity contribution in [2.45, 2.75) is 31.6 Å². The van der Waals surface area contributed by atoms with Crippen molar-refractivity contribution >= 4 is 23.5 Å². The predicted molar refractivity (Wildman–Crippen MR) is 105 cm³/mol. The second-order valence-corrected chi connectivity index (χ2v) is 7.67. The average Bonchev–Trinajstić information content (AvgIpc) is 3.15. The fourth-order valence-corrected chi connectivity index (χ4v) is 4.32. The van der Waals surface area contributed by atoms with Crippen LogP contribution < -0.4 is 4.90 Å². The summed E-state index contributed by atoms with van der Waals surface area (Å²) in [7, 11) is 4.28. The first-order chi connectivity index (χ1) is 13.2. The minimum Gasteiger partial charge on any atom is -0.468 e. The van der Waals surface area contributed by atoms with Gasteiger partial charge in [-0.05, 0) is 43.4 Å². The largest absolute Gasteiger partial charge is 0.468 e. The van der Waals surface area contributed by atoms with Crippen molar-refractivity contribution in [3.8, 4) is 0 Å². The first-order valence-electron chi connectivity index (χ1n) is 9.13. The molecule has 1 saturated carbocycles. The van der Waals surface area contributed by atoms with Crippen LogP contribution >= 0.6 is 0 Å². The number of hydrogen-bond acceptors (Lipinski definition) is 5. The molecule has 0 N–H and O–H groups in total. The van der Waals surface area contributed by atoms with Crippen LogP contribution in [-0.2, 0) is 29.3 Å². The van der Waals surface area contributed by atoms with Crippen LogP contribution in [0.1, 0.15) is 31.7 Å². The van der Waals surface area contributed by atoms with Crippen LogP contribution in [0.15, 0.2) is 48.1 Å². The molecule has 1 fully saturated rings. The van der Waals surface area contributed by atoms with Crippen molar-refractivity contribution in [2.24, 2.45) is 5.41 Å². The lowest BCUT2D eigenvalue weighted by Crippen LogP contribution is -2.38. The molecule has 1 atom stereocenters. The Morgan fingerprint density at radius 2 is 1.79 bits per heavy atom. The summed E-state index contributed by atoms with van der Waals surface area (Å²) < 4.78 is 9.73. The van der Waals surface area contributed by atoms with Crippen LogP contribution in [-0.4, -0.2) is 39.1 Å². The minimum atomic E-state index is -1.40. The van der Waals surface area contributed by atoms with Gasteiger partial charge in [0.2, 0.25) is 5.91 Å². The van der Waals surface area contributed by atoms with Crippen LogP contribution in [0.3, 0.4) is 0 Å². The van der Waals surface area contributed by atoms with E-state index in [4.69, 9.17) is 9.47 Å². The molecule has 1 unspecified atom stereocenters. The van der Waals surface area contributed by atoms with E-state index in [0.717, 1.165) is 16.8 Å². The number of allylic oxidation sites excluding steroid dienone is 3. The molecule has 0 aromatic heterocycles. The summed E-state index contributed by atoms with van der Waals surface area (Å²) in [6, 6.07) is 7.73. The highest BCUT2D eigenvalue weighted by Gasteiger charge is 2.53. The third-order valence-electron chi connectivity index (χ3n) is 6.01. The maximum Gasteiger partial charge on any atom is 0.323 e. The molecule has 6 nitrogen and oxygen atoms in total. The number of esters is 2. The van der Waals surface area contributed by atoms with Gasteiger partial charge in [-0.2, -0.15) is 0 Å². The summed E-state index contributed by atoms with van der Waals surface area (Å²) in [5.41, 5.74) is 1.23. The van der Waals surface area contributed by atoms with Crippen LogP contribution in [0.2, 0.25) is 0 Å². The molecule has 0 spiro atoms. The minimum absolute atomic E-state index is 0.0151. The van der Waals surface area contributed by atoms with Gasteiger partial charge in [-0.3, -0.25) is 14.4 Å². The molecule has 0 bridgehead atoms. The van der Waals surface area contributed by atoms with Gasteiger partial charge < -0.3 is 14.4 Å². The topological polar surface area (TPSA) is 72.9 Å². The number of carbonyl (C=O) groups is 3. The number of rotatable bonds is 4. The molecular formula is C22H25NO5. The second-order valence-electron chi connectivity index (χ2n) is 7.67. The van der Waals surface area contributed by atoms with Crippen molar-refractivity contribution < 1.29 is 23.9 Å². The van der Waals surface area contributed by atoms with Gasteiger partial charge in [0.1, 0.15) is 0 Å². The molecule has 148 valence electrons. The number of benzene rings is 1. The highest BCUT2D eigenvalue weighted by atomic mass is 16.5. The van der Waals surface area contributed by atoms with E-state index < -0.39 is 22.8 Å². The van der Waals surface area contributed by atoms with Crippen LogP contribution in [0.5, 0.6) is 0 Å². The average molecular weight is 383 g/mol. The zero-order valence-electron chi connectivity index (χ0n) is 16.7. The summed E-state index contributed by atoms with van der Waals surface area (Å²) in [5.74, 6) is -1.24. The Balaban J connectivity index is 1.93. The molecule has 1 aliphatic carbocycles. The van der Waals surface area contributed by atoms with Gasteiger partial charge in [0.05, 0.1) is 19.6 Å². The highest BCUT2D eigenvalue weighted by Crippen LogP contribution is 2.48. The van der Waals surface area contributed by atoms with Gasteiger partial charge in [-0.25, -0.2) is 0 Å². The predicted octanol–water partition coefficient (Wildman–Crippen LogP) is 2.92. The van der Waals surface area contributed by atoms with Crippen LogP contribution in [0, 0.1) is 5.41 Å². The van der Waals surface area contributed by atoms with E-state index in [1.165, 1.54) is 14.2 Å². The number of amides is 1. The Labute approximate surface area is 164 Å². The van der Waals surface area contributed by atoms with Crippen LogP contribution in [0.4, 0.5) is 5.69 Å². The Bertz CT molecular complexity index is 884. The lowest BCUT2D eigenvalue weighted by molar-refractivity contribution is -0.168. The number of para-hydroxylation sites is 1. The lowest BCUT2D eigenvalue weighted by Gasteiger charge is -2.23. The van der Waals surface area contributed by atoms with Crippen molar-refractivity contribution in [3.05, 3.63) is 53.6 Å². The van der Waals surface area contributed by atoms with Crippen LogP contribution in [0.25, 0.3) is 0 Å². The standard InChI is InChI=1S/C22H25NO5/c1-14-12-22(19(25)27-4,20(26)28-5)13-15(14)10-11-21(2)16-8-6-7-9-17(16)23(3)18(21)24/h6-10H,1,11-13H2,2-5H3/b15-10-. The Morgan fingerprint density at radius 3 is 2.39 bits per heavy atom. The van der Waals surface area contributed by atoms with Gasteiger partial charge in [-0.1, -0.05) is 36.4 Å². The molecule has 2 aliphatic rings. The third-order valence-corrected chi connectivity index (χ3v) is 6.01. The SMILES string of the molecule is C=C1CC(C(=O)OC)(C(=O)OC)C/C1=C/CC1(C)C(=O)N(C)c2ccccc21. The molecule has 1 aliphatic heterocycles. The fourth-order valence-electron chi connectivity index (χ4n) is 4.32. The molecule has 1 heterocycles. The van der Waals surface area contributed by atoms with E-state index in [9.17, 15) is 14.4 Å². The van der Waals surface area contributed by atoms with E-state index in [-0.39, 0.29) is 18.7 Å². The molecule has 0 radical (unpaired) electrons. The highest BCUT2D eigenvalue weighted by molar-refractivity contribution is 6.07. The number of methoxy groups -OCH3 is 2. The summed E-state index contributed by atoms with van der Waals surface area (Å²) in [6.45, 7) is 5.95. The third kappa shape index (κ3) is 2.75. The number of fused-ring (bicyclic) bond motifs is 1. The monoisotopic (exact) mass is 383 g/mol. The number of anilines is 1. The van der Waals surface area contributed by atoms with Gasteiger partial charge in [0.15, 0.2) is 5.41 Å². The first-order valence-corrected chi connectivity index (χ1v) is 9.13. The normalized spacial score (nSPS) is 24.4. The maximum atomic E-state index is 12.9. The summed E-state index contributed by atoms with van der Waals surface area (Å²) in [5, 5.41) is 0. The Morgan fingerprint density at radius 1 is 1.18 bits per heavy atom. The van der Waals surface area contributed by atoms with Gasteiger partial charge in [0.25, 0.3) is 0 Å². The van der Waals surface area contributed by atoms with E-state index >= 15 is 0 Å². The quantitative estimate of drug-likeness (QED) is 0.590. The van der Waals surface area contributed by atoms with Gasteiger partial charge in [0, 0.05) is 12.7 Å². The van der Waals surface area contributed by atoms with E-state index in [0.29, 0.717) is 12.0 Å². The zero-order valence-corrected chi connectivity index (χ0v) is 16.7. The van der Waals surface area contributed by atoms with Crippen molar-refractivity contribution in [2.75, 3.05) is 26.2 Å². The summed E-state index contributed by atoms with van der Waals surface area (Å²) in [6.07, 6.45) is 2.68. The number of ether oxygens (including phenoxy) is 2. The molecular weight excluding hydrogens is 358 g/mol. The van der Waals surface area contributed by atoms with Crippen molar-refractivity contribution in [1.82, 2.24) is 0 Å². The zero-order chi connectivity index (χ0) is 20.7. The molecule has 1 aromatic rings. The van der Waals surface area contributed by atoms with Crippen molar-refractivity contribution in [1.29, 1.82) is 0 Å². The number of hydrogen-bond donors (Lipinski definition) is 0. The second kappa shape index (κ2) is 6.93.